The zero-order valence-electron chi connectivity index (χ0n) is 59.7. The molecule has 2 aliphatic rings. The molecular formula is C75H77N4OPt-3. The molecule has 1 aliphatic carbocycles. The normalized spacial score (nSPS) is 16.8. The number of hydrogen-bond donors (Lipinski definition) is 1. The van der Waals surface area contributed by atoms with Crippen molar-refractivity contribution in [1.29, 1.82) is 0 Å². The first-order valence-electron chi connectivity index (χ1n) is 33.2. The van der Waals surface area contributed by atoms with Gasteiger partial charge in [0.25, 0.3) is 0 Å². The molecule has 8 aromatic carbocycles. The van der Waals surface area contributed by atoms with Crippen LogP contribution in [0, 0.1) is 25.7 Å². The van der Waals surface area contributed by atoms with E-state index in [1.807, 2.05) is 93.0 Å². The minimum atomic E-state index is -2.57. The predicted octanol–water partition coefficient (Wildman–Crippen LogP) is 20.8. The number of rotatable bonds is 10. The summed E-state index contributed by atoms with van der Waals surface area (Å²) in [5, 5.41) is 3.13. The maximum Gasteiger partial charge on any atom is 0.130 e. The average molecular weight is 1260 g/mol. The van der Waals surface area contributed by atoms with Crippen LogP contribution in [-0.2, 0) is 48.1 Å². The van der Waals surface area contributed by atoms with Crippen molar-refractivity contribution in [3.05, 3.63) is 228 Å². The Kier molecular flexibility index (Phi) is 11.9. The fourth-order valence-corrected chi connectivity index (χ4v) is 11.0. The molecule has 6 heteroatoms. The van der Waals surface area contributed by atoms with E-state index in [-0.39, 0.29) is 113 Å². The van der Waals surface area contributed by atoms with Crippen molar-refractivity contribution in [3.63, 3.8) is 0 Å². The Hall–Kier alpha value is -7.20. The van der Waals surface area contributed by atoms with Gasteiger partial charge in [-0.1, -0.05) is 205 Å². The second kappa shape index (κ2) is 21.6. The van der Waals surface area contributed by atoms with Crippen molar-refractivity contribution >= 4 is 34.3 Å². The molecule has 81 heavy (non-hydrogen) atoms. The Morgan fingerprint density at radius 2 is 1.22 bits per heavy atom. The number of nitrogens with one attached hydrogen (secondary N) is 1. The van der Waals surface area contributed by atoms with Gasteiger partial charge in [-0.25, -0.2) is 4.98 Å². The molecular weight excluding hydrogens is 1170 g/mol. The van der Waals surface area contributed by atoms with Crippen molar-refractivity contribution in [1.82, 2.24) is 4.98 Å². The van der Waals surface area contributed by atoms with Gasteiger partial charge in [-0.2, -0.15) is 18.2 Å². The fourth-order valence-electron chi connectivity index (χ4n) is 11.0. The molecule has 0 bridgehead atoms. The summed E-state index contributed by atoms with van der Waals surface area (Å²) in [6, 6.07) is 43.1. The average Bonchev–Trinajstić information content (AvgIpc) is 1.10. The summed E-state index contributed by atoms with van der Waals surface area (Å²) in [5.74, 6) is 0.726. The van der Waals surface area contributed by atoms with Crippen molar-refractivity contribution < 1.29 is 40.9 Å². The largest absolute Gasteiger partial charge is 0.509 e. The molecule has 0 atom stereocenters. The Bertz CT molecular complexity index is 4320. The third-order valence-electron chi connectivity index (χ3n) is 15.8. The number of benzene rings is 8. The number of aromatic nitrogens is 1. The second-order valence-corrected chi connectivity index (χ2v) is 25.8. The molecule has 0 spiro atoms. The number of ether oxygens (including phenoxy) is 1. The van der Waals surface area contributed by atoms with Crippen LogP contribution >= 0.6 is 0 Å². The van der Waals surface area contributed by atoms with E-state index >= 15 is 0 Å². The molecule has 0 saturated carbocycles. The smallest absolute Gasteiger partial charge is 0.130 e. The zero-order valence-corrected chi connectivity index (χ0v) is 51.0. The number of fused-ring (bicyclic) bond motifs is 2. The molecule has 5 nitrogen and oxygen atoms in total. The van der Waals surface area contributed by atoms with Gasteiger partial charge in [0.1, 0.15) is 5.82 Å². The van der Waals surface area contributed by atoms with E-state index < -0.39 is 24.4 Å². The van der Waals surface area contributed by atoms with E-state index in [2.05, 4.69) is 122 Å². The molecule has 2 heterocycles. The van der Waals surface area contributed by atoms with Crippen LogP contribution in [0.2, 0.25) is 0 Å². The van der Waals surface area contributed by atoms with Crippen molar-refractivity contribution in [2.45, 2.75) is 137 Å². The van der Waals surface area contributed by atoms with Gasteiger partial charge in [0.05, 0.1) is 11.0 Å². The Labute approximate surface area is 513 Å². The van der Waals surface area contributed by atoms with Gasteiger partial charge < -0.3 is 19.9 Å². The SMILES string of the molecule is [2H]c1c([2H])c([2H])c(-c2c[c-]c(Oc3[c-]c(N4[CH-]N(c5c(-c6cc(C(C)(C)C)cc(C(C)(C)C)c6)cccc5-c5c([2H])c([2H])c(C(C)(C)C)c([2H])c5[2H])c5ccccc54)ccc3)cc2)c(Nc2cc(C([2H])([2H])[2H])c(-c3cccc4c3C(C)(C)CCC4(C)C)cn2)c1[2H].[Pt]. The van der Waals surface area contributed by atoms with Crippen molar-refractivity contribution in [2.24, 2.45) is 0 Å². The van der Waals surface area contributed by atoms with Crippen LogP contribution in [0.3, 0.4) is 0 Å². The molecule has 1 aromatic heterocycles. The maximum absolute atomic E-state index is 9.63. The zero-order chi connectivity index (χ0) is 66.0. The molecule has 0 unspecified atom stereocenters. The molecule has 9 aromatic rings. The third-order valence-corrected chi connectivity index (χ3v) is 15.8. The first-order chi connectivity index (χ1) is 42.5. The monoisotopic (exact) mass is 1260 g/mol. The van der Waals surface area contributed by atoms with Crippen molar-refractivity contribution in [3.8, 4) is 56.0 Å². The number of aryl methyl sites for hydroxylation is 1. The van der Waals surface area contributed by atoms with Crippen molar-refractivity contribution in [2.75, 3.05) is 15.1 Å². The van der Waals surface area contributed by atoms with E-state index in [0.717, 1.165) is 57.6 Å². The Morgan fingerprint density at radius 3 is 1.89 bits per heavy atom. The molecule has 416 valence electrons. The summed E-state index contributed by atoms with van der Waals surface area (Å²) in [6.07, 6.45) is 3.46. The summed E-state index contributed by atoms with van der Waals surface area (Å²) in [5.41, 5.74) is 10.7. The van der Waals surface area contributed by atoms with Crippen LogP contribution in [0.25, 0.3) is 44.5 Å². The van der Waals surface area contributed by atoms with Gasteiger partial charge in [0.2, 0.25) is 0 Å². The summed E-state index contributed by atoms with van der Waals surface area (Å²) in [6.45, 7) is 27.1. The van der Waals surface area contributed by atoms with Gasteiger partial charge in [-0.3, -0.25) is 0 Å². The molecule has 0 amide bonds. The van der Waals surface area contributed by atoms with E-state index in [1.165, 1.54) is 11.6 Å². The topological polar surface area (TPSA) is 40.6 Å². The van der Waals surface area contributed by atoms with Gasteiger partial charge in [0.15, 0.2) is 0 Å². The first-order valence-corrected chi connectivity index (χ1v) is 27.7. The third kappa shape index (κ3) is 11.4. The van der Waals surface area contributed by atoms with Crippen LogP contribution in [0.15, 0.2) is 176 Å². The van der Waals surface area contributed by atoms with Crippen LogP contribution < -0.4 is 19.9 Å². The van der Waals surface area contributed by atoms with Gasteiger partial charge in [-0.15, -0.1) is 48.3 Å². The number of anilines is 6. The van der Waals surface area contributed by atoms with Gasteiger partial charge in [0, 0.05) is 82.3 Å². The molecule has 1 N–H and O–H groups in total. The van der Waals surface area contributed by atoms with Crippen LogP contribution in [0.5, 0.6) is 11.5 Å². The van der Waals surface area contributed by atoms with Crippen LogP contribution in [-0.4, -0.2) is 4.98 Å². The summed E-state index contributed by atoms with van der Waals surface area (Å²) < 4.78 is 107. The summed E-state index contributed by atoms with van der Waals surface area (Å²) >= 11 is 0. The molecule has 1 aliphatic heterocycles. The van der Waals surface area contributed by atoms with Crippen LogP contribution in [0.4, 0.5) is 34.3 Å². The number of para-hydroxylation sites is 4. The molecule has 0 radical (unpaired) electrons. The Balaban J connectivity index is 0.00000927. The quantitative estimate of drug-likeness (QED) is 0.138. The van der Waals surface area contributed by atoms with E-state index in [9.17, 15) is 6.85 Å². The fraction of sp³-hybridized carbons (Fsp3) is 0.280. The van der Waals surface area contributed by atoms with Gasteiger partial charge in [-0.05, 0) is 121 Å². The minimum Gasteiger partial charge on any atom is -0.509 e. The number of hydrogen-bond acceptors (Lipinski definition) is 5. The summed E-state index contributed by atoms with van der Waals surface area (Å²) in [4.78, 5) is 8.80. The van der Waals surface area contributed by atoms with Crippen LogP contribution in [0.1, 0.15) is 151 Å². The number of nitrogens with zero attached hydrogens (tertiary/aromatic N) is 3. The maximum atomic E-state index is 9.63. The van der Waals surface area contributed by atoms with E-state index in [1.54, 1.807) is 30.5 Å². The van der Waals surface area contributed by atoms with E-state index in [0.29, 0.717) is 39.4 Å². The molecule has 0 saturated heterocycles. The molecule has 0 fully saturated rings. The minimum absolute atomic E-state index is 0. The van der Waals surface area contributed by atoms with E-state index in [4.69, 9.17) is 17.9 Å². The second-order valence-electron chi connectivity index (χ2n) is 25.8. The number of pyridine rings is 1. The standard InChI is InChI=1S/C75H77N4O.Pt/c1-49-42-68(76-47-63(49)62-27-21-28-64-69(62)75(13,14)41-40-74(64,11)12)77-65-29-16-15-24-59(65)50-34-38-57(39-35-50)80-58-23-19-22-56(46-58)78-48-79(67-31-18-17-30-66(67)78)70-60(51-32-36-53(37-33-51)71(2,3)4)25-20-26-61(70)52-43-54(72(5,6)7)45-55(44-52)73(8,9)10;/h15-38,42-45,47-48H,40-41H2,1-14H3,(H,76,77);/q-3;/i1D3,15D,16D,24D,29D,32D,33D,36D,37D;. The first kappa shape index (κ1) is 44.5. The van der Waals surface area contributed by atoms with Gasteiger partial charge >= 0.3 is 0 Å². The summed E-state index contributed by atoms with van der Waals surface area (Å²) in [7, 11) is 0. The Morgan fingerprint density at radius 1 is 0.593 bits per heavy atom. The predicted molar refractivity (Wildman–Crippen MR) is 337 cm³/mol. The molecule has 11 rings (SSSR count).